The maximum Gasteiger partial charge on any atom is 0.00958 e. The lowest BCUT2D eigenvalue weighted by Gasteiger charge is -2.19. The van der Waals surface area contributed by atoms with Crippen molar-refractivity contribution in [3.63, 3.8) is 0 Å². The van der Waals surface area contributed by atoms with Crippen molar-refractivity contribution >= 4 is 6.08 Å². The molecule has 0 spiro atoms. The molecule has 1 saturated heterocycles. The quantitative estimate of drug-likeness (QED) is 0.744. The average molecular weight is 215 g/mol. The summed E-state index contributed by atoms with van der Waals surface area (Å²) in [6.45, 7) is 5.05. The first-order valence-electron chi connectivity index (χ1n) is 6.21. The Morgan fingerprint density at radius 2 is 2.12 bits per heavy atom. The smallest absolute Gasteiger partial charge is 0.00958 e. The van der Waals surface area contributed by atoms with E-state index in [1.54, 1.807) is 0 Å². The molecule has 1 fully saturated rings. The van der Waals surface area contributed by atoms with Gasteiger partial charge in [-0.25, -0.2) is 0 Å². The first-order chi connectivity index (χ1) is 7.79. The number of likely N-dealkylation sites (tertiary alicyclic amines) is 1. The van der Waals surface area contributed by atoms with Crippen LogP contribution in [0.5, 0.6) is 0 Å². The summed E-state index contributed by atoms with van der Waals surface area (Å²) in [4.78, 5) is 2.50. The normalized spacial score (nSPS) is 21.2. The Morgan fingerprint density at radius 1 is 1.38 bits per heavy atom. The van der Waals surface area contributed by atoms with Crippen LogP contribution in [-0.4, -0.2) is 24.5 Å². The number of rotatable bonds is 4. The predicted octanol–water partition coefficient (Wildman–Crippen LogP) is 3.36. The summed E-state index contributed by atoms with van der Waals surface area (Å²) < 4.78 is 0. The van der Waals surface area contributed by atoms with Gasteiger partial charge in [0.2, 0.25) is 0 Å². The Hall–Kier alpha value is -1.08. The van der Waals surface area contributed by atoms with E-state index < -0.39 is 0 Å². The van der Waals surface area contributed by atoms with E-state index in [1.807, 2.05) is 6.08 Å². The standard InChI is InChI=1S/C15H21N/c1-3-13-6-8-14(9-7-13)10-11-15-5-4-12-16(15)2/h3,6-9,15H,1,4-5,10-12H2,2H3. The van der Waals surface area contributed by atoms with Crippen molar-refractivity contribution in [3.05, 3.63) is 42.0 Å². The van der Waals surface area contributed by atoms with Crippen molar-refractivity contribution < 1.29 is 0 Å². The van der Waals surface area contributed by atoms with Crippen LogP contribution in [0.2, 0.25) is 0 Å². The van der Waals surface area contributed by atoms with Gasteiger partial charge in [0.15, 0.2) is 0 Å². The van der Waals surface area contributed by atoms with Crippen LogP contribution in [0.15, 0.2) is 30.8 Å². The van der Waals surface area contributed by atoms with Crippen LogP contribution in [0.25, 0.3) is 6.08 Å². The van der Waals surface area contributed by atoms with Crippen LogP contribution in [0.1, 0.15) is 30.4 Å². The Labute approximate surface area is 98.8 Å². The molecule has 0 aromatic heterocycles. The van der Waals surface area contributed by atoms with Crippen LogP contribution in [-0.2, 0) is 6.42 Å². The van der Waals surface area contributed by atoms with Crippen LogP contribution >= 0.6 is 0 Å². The van der Waals surface area contributed by atoms with E-state index in [-0.39, 0.29) is 0 Å². The zero-order valence-corrected chi connectivity index (χ0v) is 10.2. The summed E-state index contributed by atoms with van der Waals surface area (Å²) in [5.41, 5.74) is 2.66. The summed E-state index contributed by atoms with van der Waals surface area (Å²) in [5, 5.41) is 0. The topological polar surface area (TPSA) is 3.24 Å². The largest absolute Gasteiger partial charge is 0.303 e. The van der Waals surface area contributed by atoms with Crippen molar-refractivity contribution in [3.8, 4) is 0 Å². The van der Waals surface area contributed by atoms with E-state index in [1.165, 1.54) is 43.4 Å². The van der Waals surface area contributed by atoms with E-state index in [0.717, 1.165) is 6.04 Å². The van der Waals surface area contributed by atoms with Crippen LogP contribution in [0.3, 0.4) is 0 Å². The molecule has 1 atom stereocenters. The highest BCUT2D eigenvalue weighted by Crippen LogP contribution is 2.20. The molecular formula is C15H21N. The molecule has 1 aromatic carbocycles. The van der Waals surface area contributed by atoms with Gasteiger partial charge in [-0.3, -0.25) is 0 Å². The van der Waals surface area contributed by atoms with E-state index in [9.17, 15) is 0 Å². The van der Waals surface area contributed by atoms with Gasteiger partial charge >= 0.3 is 0 Å². The second-order valence-electron chi connectivity index (χ2n) is 4.76. The predicted molar refractivity (Wildman–Crippen MR) is 70.5 cm³/mol. The Kier molecular flexibility index (Phi) is 3.79. The van der Waals surface area contributed by atoms with Gasteiger partial charge in [0.25, 0.3) is 0 Å². The van der Waals surface area contributed by atoms with E-state index in [4.69, 9.17) is 0 Å². The number of benzene rings is 1. The molecule has 0 aliphatic carbocycles. The number of hydrogen-bond donors (Lipinski definition) is 0. The maximum absolute atomic E-state index is 3.77. The van der Waals surface area contributed by atoms with Crippen LogP contribution < -0.4 is 0 Å². The maximum atomic E-state index is 3.77. The summed E-state index contributed by atoms with van der Waals surface area (Å²) in [5.74, 6) is 0. The molecule has 0 amide bonds. The Balaban J connectivity index is 1.86. The lowest BCUT2D eigenvalue weighted by atomic mass is 10.0. The van der Waals surface area contributed by atoms with Gasteiger partial charge in [-0.15, -0.1) is 0 Å². The summed E-state index contributed by atoms with van der Waals surface area (Å²) in [6, 6.07) is 9.57. The first-order valence-corrected chi connectivity index (χ1v) is 6.21. The molecule has 16 heavy (non-hydrogen) atoms. The first kappa shape index (κ1) is 11.4. The minimum Gasteiger partial charge on any atom is -0.303 e. The fraction of sp³-hybridized carbons (Fsp3) is 0.467. The summed E-state index contributed by atoms with van der Waals surface area (Å²) >= 11 is 0. The molecule has 1 aliphatic rings. The lowest BCUT2D eigenvalue weighted by Crippen LogP contribution is -2.25. The van der Waals surface area contributed by atoms with Gasteiger partial charge in [-0.2, -0.15) is 0 Å². The lowest BCUT2D eigenvalue weighted by molar-refractivity contribution is 0.296. The molecule has 1 unspecified atom stereocenters. The Bertz CT molecular complexity index is 339. The highest BCUT2D eigenvalue weighted by molar-refractivity contribution is 5.47. The van der Waals surface area contributed by atoms with E-state index >= 15 is 0 Å². The van der Waals surface area contributed by atoms with Crippen molar-refractivity contribution in [1.82, 2.24) is 4.90 Å². The van der Waals surface area contributed by atoms with Gasteiger partial charge in [0, 0.05) is 6.04 Å². The molecule has 1 aromatic rings. The number of aryl methyl sites for hydroxylation is 1. The zero-order chi connectivity index (χ0) is 11.4. The van der Waals surface area contributed by atoms with Crippen molar-refractivity contribution in [2.75, 3.05) is 13.6 Å². The molecule has 0 saturated carbocycles. The van der Waals surface area contributed by atoms with Gasteiger partial charge in [-0.1, -0.05) is 36.9 Å². The fourth-order valence-electron chi connectivity index (χ4n) is 2.50. The second kappa shape index (κ2) is 5.31. The second-order valence-corrected chi connectivity index (χ2v) is 4.76. The molecule has 2 rings (SSSR count). The molecule has 1 heterocycles. The molecular weight excluding hydrogens is 194 g/mol. The molecule has 1 aliphatic heterocycles. The van der Waals surface area contributed by atoms with E-state index in [0.29, 0.717) is 0 Å². The van der Waals surface area contributed by atoms with Crippen molar-refractivity contribution in [2.24, 2.45) is 0 Å². The summed E-state index contributed by atoms with van der Waals surface area (Å²) in [7, 11) is 2.25. The minimum absolute atomic E-state index is 0.805. The molecule has 0 bridgehead atoms. The third-order valence-corrected chi connectivity index (χ3v) is 3.65. The Morgan fingerprint density at radius 3 is 2.69 bits per heavy atom. The SMILES string of the molecule is C=Cc1ccc(CCC2CCCN2C)cc1. The number of hydrogen-bond acceptors (Lipinski definition) is 1. The third-order valence-electron chi connectivity index (χ3n) is 3.65. The van der Waals surface area contributed by atoms with Crippen molar-refractivity contribution in [1.29, 1.82) is 0 Å². The fourth-order valence-corrected chi connectivity index (χ4v) is 2.50. The molecule has 1 heteroatoms. The third kappa shape index (κ3) is 2.73. The summed E-state index contributed by atoms with van der Waals surface area (Å²) in [6.07, 6.45) is 7.14. The molecule has 0 N–H and O–H groups in total. The molecule has 86 valence electrons. The van der Waals surface area contributed by atoms with Gasteiger partial charge < -0.3 is 4.90 Å². The average Bonchev–Trinajstić information content (AvgIpc) is 2.73. The highest BCUT2D eigenvalue weighted by Gasteiger charge is 2.19. The monoisotopic (exact) mass is 215 g/mol. The number of nitrogens with zero attached hydrogens (tertiary/aromatic N) is 1. The van der Waals surface area contributed by atoms with Crippen LogP contribution in [0, 0.1) is 0 Å². The molecule has 1 nitrogen and oxygen atoms in total. The van der Waals surface area contributed by atoms with Crippen molar-refractivity contribution in [2.45, 2.75) is 31.7 Å². The minimum atomic E-state index is 0.805. The van der Waals surface area contributed by atoms with Gasteiger partial charge in [-0.05, 0) is 50.4 Å². The van der Waals surface area contributed by atoms with E-state index in [2.05, 4.69) is 42.8 Å². The highest BCUT2D eigenvalue weighted by atomic mass is 15.1. The van der Waals surface area contributed by atoms with Gasteiger partial charge in [0.1, 0.15) is 0 Å². The zero-order valence-electron chi connectivity index (χ0n) is 10.2. The van der Waals surface area contributed by atoms with Gasteiger partial charge in [0.05, 0.1) is 0 Å². The molecule has 0 radical (unpaired) electrons. The van der Waals surface area contributed by atoms with Crippen LogP contribution in [0.4, 0.5) is 0 Å².